The summed E-state index contributed by atoms with van der Waals surface area (Å²) >= 11 is 0. The summed E-state index contributed by atoms with van der Waals surface area (Å²) in [5.41, 5.74) is 0.259. The molecule has 3 heteroatoms. The molecule has 0 aliphatic heterocycles. The van der Waals surface area contributed by atoms with Gasteiger partial charge in [0.2, 0.25) is 0 Å². The molecule has 0 saturated carbocycles. The third-order valence-electron chi connectivity index (χ3n) is 2.55. The molecular formula is C14H32N2O. The van der Waals surface area contributed by atoms with Crippen molar-refractivity contribution in [3.05, 3.63) is 0 Å². The zero-order valence-corrected chi connectivity index (χ0v) is 12.5. The van der Waals surface area contributed by atoms with Crippen LogP contribution in [0.1, 0.15) is 46.5 Å². The first kappa shape index (κ1) is 16.9. The number of nitrogens with zero attached hydrogens (tertiary/aromatic N) is 1. The normalized spacial score (nSPS) is 12.4. The molecule has 0 saturated heterocycles. The van der Waals surface area contributed by atoms with E-state index >= 15 is 0 Å². The zero-order valence-electron chi connectivity index (χ0n) is 12.5. The number of hydrogen-bond donors (Lipinski definition) is 1. The molecule has 0 heterocycles. The lowest BCUT2D eigenvalue weighted by Crippen LogP contribution is -2.36. The SMILES string of the molecule is CN(C)CCOCCCCCCNC(C)(C)C. The fourth-order valence-electron chi connectivity index (χ4n) is 1.50. The van der Waals surface area contributed by atoms with Gasteiger partial charge in [-0.1, -0.05) is 12.8 Å². The van der Waals surface area contributed by atoms with E-state index in [0.29, 0.717) is 0 Å². The maximum atomic E-state index is 5.55. The van der Waals surface area contributed by atoms with Gasteiger partial charge in [0.15, 0.2) is 0 Å². The lowest BCUT2D eigenvalue weighted by molar-refractivity contribution is 0.114. The lowest BCUT2D eigenvalue weighted by Gasteiger charge is -2.20. The van der Waals surface area contributed by atoms with Gasteiger partial charge in [-0.3, -0.25) is 0 Å². The Morgan fingerprint density at radius 3 is 2.18 bits per heavy atom. The number of hydrogen-bond acceptors (Lipinski definition) is 3. The summed E-state index contributed by atoms with van der Waals surface area (Å²) in [6, 6.07) is 0. The predicted octanol–water partition coefficient (Wildman–Crippen LogP) is 2.51. The summed E-state index contributed by atoms with van der Waals surface area (Å²) in [7, 11) is 4.15. The highest BCUT2D eigenvalue weighted by molar-refractivity contribution is 4.69. The molecule has 3 nitrogen and oxygen atoms in total. The molecule has 17 heavy (non-hydrogen) atoms. The number of nitrogens with one attached hydrogen (secondary N) is 1. The highest BCUT2D eigenvalue weighted by Crippen LogP contribution is 2.02. The van der Waals surface area contributed by atoms with Crippen molar-refractivity contribution in [2.24, 2.45) is 0 Å². The second-order valence-electron chi connectivity index (χ2n) is 6.01. The van der Waals surface area contributed by atoms with E-state index in [1.807, 2.05) is 0 Å². The standard InChI is InChI=1S/C14H32N2O/c1-14(2,3)15-10-8-6-7-9-12-17-13-11-16(4)5/h15H,6-13H2,1-5H3. The summed E-state index contributed by atoms with van der Waals surface area (Å²) in [6.07, 6.45) is 5.06. The van der Waals surface area contributed by atoms with Crippen LogP contribution in [0.4, 0.5) is 0 Å². The van der Waals surface area contributed by atoms with Crippen LogP contribution in [0.5, 0.6) is 0 Å². The number of ether oxygens (including phenoxy) is 1. The average molecular weight is 244 g/mol. The van der Waals surface area contributed by atoms with Crippen molar-refractivity contribution < 1.29 is 4.74 Å². The monoisotopic (exact) mass is 244 g/mol. The largest absolute Gasteiger partial charge is 0.380 e. The fraction of sp³-hybridized carbons (Fsp3) is 1.00. The predicted molar refractivity (Wildman–Crippen MR) is 75.6 cm³/mol. The Hall–Kier alpha value is -0.120. The lowest BCUT2D eigenvalue weighted by atomic mass is 10.1. The summed E-state index contributed by atoms with van der Waals surface area (Å²) < 4.78 is 5.55. The maximum Gasteiger partial charge on any atom is 0.0593 e. The minimum absolute atomic E-state index is 0.259. The van der Waals surface area contributed by atoms with E-state index < -0.39 is 0 Å². The Balaban J connectivity index is 3.04. The Bertz CT molecular complexity index is 164. The van der Waals surface area contributed by atoms with Crippen molar-refractivity contribution in [3.63, 3.8) is 0 Å². The highest BCUT2D eigenvalue weighted by Gasteiger charge is 2.06. The molecule has 0 bridgehead atoms. The minimum Gasteiger partial charge on any atom is -0.380 e. The Kier molecular flexibility index (Phi) is 9.79. The van der Waals surface area contributed by atoms with E-state index in [2.05, 4.69) is 45.1 Å². The van der Waals surface area contributed by atoms with Crippen LogP contribution in [0.25, 0.3) is 0 Å². The molecule has 0 aliphatic rings. The van der Waals surface area contributed by atoms with Gasteiger partial charge in [0.05, 0.1) is 6.61 Å². The topological polar surface area (TPSA) is 24.5 Å². The van der Waals surface area contributed by atoms with Crippen molar-refractivity contribution in [1.29, 1.82) is 0 Å². The molecule has 0 amide bonds. The van der Waals surface area contributed by atoms with E-state index in [4.69, 9.17) is 4.74 Å². The van der Waals surface area contributed by atoms with Gasteiger partial charge in [-0.05, 0) is 54.3 Å². The van der Waals surface area contributed by atoms with Gasteiger partial charge in [0, 0.05) is 18.7 Å². The van der Waals surface area contributed by atoms with Crippen LogP contribution < -0.4 is 5.32 Å². The molecule has 0 spiro atoms. The molecule has 1 N–H and O–H groups in total. The molecule has 0 rings (SSSR count). The third kappa shape index (κ3) is 15.9. The van der Waals surface area contributed by atoms with Gasteiger partial charge >= 0.3 is 0 Å². The van der Waals surface area contributed by atoms with Crippen molar-refractivity contribution in [2.75, 3.05) is 40.4 Å². The summed E-state index contributed by atoms with van der Waals surface area (Å²) in [5, 5.41) is 3.51. The third-order valence-corrected chi connectivity index (χ3v) is 2.55. The molecule has 0 unspecified atom stereocenters. The molecule has 0 aliphatic carbocycles. The first-order valence-corrected chi connectivity index (χ1v) is 6.89. The van der Waals surface area contributed by atoms with Gasteiger partial charge in [-0.25, -0.2) is 0 Å². The van der Waals surface area contributed by atoms with Crippen molar-refractivity contribution >= 4 is 0 Å². The van der Waals surface area contributed by atoms with Crippen molar-refractivity contribution in [3.8, 4) is 0 Å². The first-order chi connectivity index (χ1) is 7.92. The van der Waals surface area contributed by atoms with Crippen LogP contribution in [-0.4, -0.2) is 50.8 Å². The molecule has 0 fully saturated rings. The molecular weight excluding hydrogens is 212 g/mol. The Morgan fingerprint density at radius 1 is 0.941 bits per heavy atom. The molecule has 104 valence electrons. The van der Waals surface area contributed by atoms with Gasteiger partial charge in [-0.15, -0.1) is 0 Å². The van der Waals surface area contributed by atoms with E-state index in [-0.39, 0.29) is 5.54 Å². The highest BCUT2D eigenvalue weighted by atomic mass is 16.5. The number of rotatable bonds is 10. The van der Waals surface area contributed by atoms with Crippen molar-refractivity contribution in [1.82, 2.24) is 10.2 Å². The van der Waals surface area contributed by atoms with Gasteiger partial charge < -0.3 is 15.0 Å². The molecule has 0 radical (unpaired) electrons. The number of likely N-dealkylation sites (N-methyl/N-ethyl adjacent to an activating group) is 1. The van der Waals surface area contributed by atoms with E-state index in [1.54, 1.807) is 0 Å². The zero-order chi connectivity index (χ0) is 13.1. The fourth-order valence-corrected chi connectivity index (χ4v) is 1.50. The second kappa shape index (κ2) is 9.86. The van der Waals surface area contributed by atoms with E-state index in [9.17, 15) is 0 Å². The van der Waals surface area contributed by atoms with Crippen molar-refractivity contribution in [2.45, 2.75) is 52.0 Å². The molecule has 0 aromatic carbocycles. The van der Waals surface area contributed by atoms with Crippen LogP contribution in [0.3, 0.4) is 0 Å². The van der Waals surface area contributed by atoms with Gasteiger partial charge in [0.1, 0.15) is 0 Å². The minimum atomic E-state index is 0.259. The summed E-state index contributed by atoms with van der Waals surface area (Å²) in [4.78, 5) is 2.15. The van der Waals surface area contributed by atoms with E-state index in [0.717, 1.165) is 26.3 Å². The second-order valence-corrected chi connectivity index (χ2v) is 6.01. The number of unbranched alkanes of at least 4 members (excludes halogenated alkanes) is 3. The quantitative estimate of drug-likeness (QED) is 0.598. The van der Waals surface area contributed by atoms with Gasteiger partial charge in [0.25, 0.3) is 0 Å². The Labute approximate surface area is 108 Å². The Morgan fingerprint density at radius 2 is 1.59 bits per heavy atom. The maximum absolute atomic E-state index is 5.55. The van der Waals surface area contributed by atoms with Crippen LogP contribution >= 0.6 is 0 Å². The van der Waals surface area contributed by atoms with Crippen LogP contribution in [-0.2, 0) is 4.74 Å². The molecule has 0 atom stereocenters. The first-order valence-electron chi connectivity index (χ1n) is 6.89. The summed E-state index contributed by atoms with van der Waals surface area (Å²) in [6.45, 7) is 10.6. The molecule has 0 aromatic rings. The van der Waals surface area contributed by atoms with Crippen LogP contribution in [0.15, 0.2) is 0 Å². The van der Waals surface area contributed by atoms with Gasteiger partial charge in [-0.2, -0.15) is 0 Å². The smallest absolute Gasteiger partial charge is 0.0593 e. The summed E-state index contributed by atoms with van der Waals surface area (Å²) in [5.74, 6) is 0. The van der Waals surface area contributed by atoms with E-state index in [1.165, 1.54) is 25.7 Å². The average Bonchev–Trinajstić information content (AvgIpc) is 2.18. The molecule has 0 aromatic heterocycles. The van der Waals surface area contributed by atoms with Crippen LogP contribution in [0, 0.1) is 0 Å². The van der Waals surface area contributed by atoms with Crippen LogP contribution in [0.2, 0.25) is 0 Å².